The minimum Gasteiger partial charge on any atom is -0.346 e. The molecule has 0 aliphatic carbocycles. The molecule has 2 aromatic heterocycles. The van der Waals surface area contributed by atoms with Gasteiger partial charge in [0.25, 0.3) is 0 Å². The molecule has 0 spiro atoms. The molecule has 8 heteroatoms. The van der Waals surface area contributed by atoms with Crippen LogP contribution in [-0.2, 0) is 18.4 Å². The van der Waals surface area contributed by atoms with Crippen LogP contribution in [0.5, 0.6) is 0 Å². The summed E-state index contributed by atoms with van der Waals surface area (Å²) >= 11 is 0. The van der Waals surface area contributed by atoms with Crippen LogP contribution in [0.3, 0.4) is 0 Å². The molecule has 1 amide bonds. The Balaban J connectivity index is 1.95. The molecular formula is C12H19N7O. The van der Waals surface area contributed by atoms with Gasteiger partial charge < -0.3 is 9.88 Å². The lowest BCUT2D eigenvalue weighted by molar-refractivity contribution is -0.122. The first-order valence-electron chi connectivity index (χ1n) is 6.55. The van der Waals surface area contributed by atoms with Gasteiger partial charge in [-0.3, -0.25) is 4.79 Å². The third-order valence-corrected chi connectivity index (χ3v) is 3.08. The van der Waals surface area contributed by atoms with Crippen molar-refractivity contribution in [3.63, 3.8) is 0 Å². The molecule has 0 saturated carbocycles. The highest BCUT2D eigenvalue weighted by Crippen LogP contribution is 2.19. The van der Waals surface area contributed by atoms with E-state index in [4.69, 9.17) is 0 Å². The number of nitrogens with zero attached hydrogens (tertiary/aromatic N) is 6. The fourth-order valence-electron chi connectivity index (χ4n) is 1.95. The van der Waals surface area contributed by atoms with Crippen molar-refractivity contribution in [2.45, 2.75) is 32.9 Å². The zero-order valence-electron chi connectivity index (χ0n) is 11.9. The Hall–Kier alpha value is -2.25. The molecule has 0 aliphatic rings. The molecule has 0 unspecified atom stereocenters. The van der Waals surface area contributed by atoms with E-state index in [0.29, 0.717) is 13.0 Å². The SMILES string of the molecule is CC(C)[C@H](NC(=O)CCn1cnnn1)c1nccn1C. The average molecular weight is 277 g/mol. The third-order valence-electron chi connectivity index (χ3n) is 3.08. The molecule has 0 aliphatic heterocycles. The zero-order valence-corrected chi connectivity index (χ0v) is 11.9. The first kappa shape index (κ1) is 14.2. The van der Waals surface area contributed by atoms with E-state index < -0.39 is 0 Å². The molecule has 20 heavy (non-hydrogen) atoms. The van der Waals surface area contributed by atoms with E-state index in [0.717, 1.165) is 5.82 Å². The molecule has 0 fully saturated rings. The van der Waals surface area contributed by atoms with Crippen molar-refractivity contribution in [2.75, 3.05) is 0 Å². The molecule has 0 bridgehead atoms. The van der Waals surface area contributed by atoms with Crippen LogP contribution >= 0.6 is 0 Å². The maximum atomic E-state index is 12.0. The second-order valence-electron chi connectivity index (χ2n) is 5.01. The Labute approximate surface area is 117 Å². The highest BCUT2D eigenvalue weighted by molar-refractivity contribution is 5.76. The first-order chi connectivity index (χ1) is 9.58. The summed E-state index contributed by atoms with van der Waals surface area (Å²) in [5, 5.41) is 13.8. The number of carbonyl (C=O) groups excluding carboxylic acids is 1. The summed E-state index contributed by atoms with van der Waals surface area (Å²) in [5.74, 6) is 1.08. The summed E-state index contributed by atoms with van der Waals surface area (Å²) in [5.41, 5.74) is 0. The number of rotatable bonds is 6. The van der Waals surface area contributed by atoms with Gasteiger partial charge in [0.2, 0.25) is 5.91 Å². The van der Waals surface area contributed by atoms with Crippen molar-refractivity contribution >= 4 is 5.91 Å². The van der Waals surface area contributed by atoms with Crippen LogP contribution in [0.15, 0.2) is 18.7 Å². The average Bonchev–Trinajstić information content (AvgIpc) is 3.04. The molecule has 108 valence electrons. The second-order valence-corrected chi connectivity index (χ2v) is 5.01. The molecule has 0 aromatic carbocycles. The van der Waals surface area contributed by atoms with Crippen LogP contribution in [0, 0.1) is 5.92 Å². The van der Waals surface area contributed by atoms with Gasteiger partial charge in [-0.1, -0.05) is 13.8 Å². The number of amides is 1. The Bertz CT molecular complexity index is 546. The van der Waals surface area contributed by atoms with Crippen LogP contribution in [0.4, 0.5) is 0 Å². The zero-order chi connectivity index (χ0) is 14.5. The number of aromatic nitrogens is 6. The number of tetrazole rings is 1. The van der Waals surface area contributed by atoms with Crippen LogP contribution in [0.1, 0.15) is 32.1 Å². The standard InChI is InChI=1S/C12H19N7O/c1-9(2)11(12-13-5-7-18(12)3)15-10(20)4-6-19-8-14-16-17-19/h5,7-9,11H,4,6H2,1-3H3,(H,15,20)/t11-/m0/s1. The monoisotopic (exact) mass is 277 g/mol. The lowest BCUT2D eigenvalue weighted by atomic mass is 10.0. The predicted molar refractivity (Wildman–Crippen MR) is 71.4 cm³/mol. The lowest BCUT2D eigenvalue weighted by Gasteiger charge is -2.22. The van der Waals surface area contributed by atoms with Crippen LogP contribution < -0.4 is 5.32 Å². The van der Waals surface area contributed by atoms with Crippen molar-refractivity contribution in [1.82, 2.24) is 35.1 Å². The molecular weight excluding hydrogens is 258 g/mol. The molecule has 8 nitrogen and oxygen atoms in total. The third kappa shape index (κ3) is 3.40. The van der Waals surface area contributed by atoms with E-state index in [1.54, 1.807) is 6.20 Å². The molecule has 0 saturated heterocycles. The molecule has 2 rings (SSSR count). The van der Waals surface area contributed by atoms with E-state index in [1.165, 1.54) is 11.0 Å². The number of imidazole rings is 1. The normalized spacial score (nSPS) is 12.6. The van der Waals surface area contributed by atoms with Gasteiger partial charge in [0.05, 0.1) is 12.6 Å². The Morgan fingerprint density at radius 3 is 2.80 bits per heavy atom. The van der Waals surface area contributed by atoms with Gasteiger partial charge in [-0.2, -0.15) is 0 Å². The lowest BCUT2D eigenvalue weighted by Crippen LogP contribution is -2.34. The van der Waals surface area contributed by atoms with E-state index in [2.05, 4.69) is 39.7 Å². The fraction of sp³-hybridized carbons (Fsp3) is 0.583. The topological polar surface area (TPSA) is 90.5 Å². The molecule has 1 atom stereocenters. The summed E-state index contributed by atoms with van der Waals surface area (Å²) in [4.78, 5) is 16.3. The predicted octanol–water partition coefficient (Wildman–Crippen LogP) is 0.310. The van der Waals surface area contributed by atoms with E-state index in [1.807, 2.05) is 17.8 Å². The van der Waals surface area contributed by atoms with Crippen LogP contribution in [-0.4, -0.2) is 35.7 Å². The minimum atomic E-state index is -0.101. The van der Waals surface area contributed by atoms with E-state index in [9.17, 15) is 4.79 Å². The Morgan fingerprint density at radius 1 is 1.45 bits per heavy atom. The van der Waals surface area contributed by atoms with Crippen LogP contribution in [0.25, 0.3) is 0 Å². The quantitative estimate of drug-likeness (QED) is 0.820. The van der Waals surface area contributed by atoms with Crippen molar-refractivity contribution in [3.05, 3.63) is 24.5 Å². The van der Waals surface area contributed by atoms with Gasteiger partial charge in [0, 0.05) is 25.9 Å². The summed E-state index contributed by atoms with van der Waals surface area (Å²) in [6.45, 7) is 4.58. The maximum Gasteiger partial charge on any atom is 0.222 e. The minimum absolute atomic E-state index is 0.0396. The second kappa shape index (κ2) is 6.27. The molecule has 2 heterocycles. The van der Waals surface area contributed by atoms with Crippen molar-refractivity contribution < 1.29 is 4.79 Å². The van der Waals surface area contributed by atoms with Gasteiger partial charge in [-0.25, -0.2) is 9.67 Å². The van der Waals surface area contributed by atoms with Crippen molar-refractivity contribution in [2.24, 2.45) is 13.0 Å². The number of hydrogen-bond donors (Lipinski definition) is 1. The first-order valence-corrected chi connectivity index (χ1v) is 6.55. The van der Waals surface area contributed by atoms with Gasteiger partial charge in [0.15, 0.2) is 0 Å². The van der Waals surface area contributed by atoms with Crippen molar-refractivity contribution in [1.29, 1.82) is 0 Å². The number of hydrogen-bond acceptors (Lipinski definition) is 5. The van der Waals surface area contributed by atoms with Gasteiger partial charge in [-0.05, 0) is 16.3 Å². The van der Waals surface area contributed by atoms with E-state index in [-0.39, 0.29) is 17.9 Å². The Morgan fingerprint density at radius 2 is 2.25 bits per heavy atom. The maximum absolute atomic E-state index is 12.0. The number of carbonyl (C=O) groups is 1. The van der Waals surface area contributed by atoms with E-state index >= 15 is 0 Å². The summed E-state index contributed by atoms with van der Waals surface area (Å²) in [6.07, 6.45) is 5.43. The smallest absolute Gasteiger partial charge is 0.222 e. The fourth-order valence-corrected chi connectivity index (χ4v) is 1.95. The van der Waals surface area contributed by atoms with Gasteiger partial charge in [-0.15, -0.1) is 5.10 Å². The number of aryl methyl sites for hydroxylation is 2. The molecule has 0 radical (unpaired) electrons. The van der Waals surface area contributed by atoms with Gasteiger partial charge >= 0.3 is 0 Å². The summed E-state index contributed by atoms with van der Waals surface area (Å²) in [7, 11) is 1.92. The Kier molecular flexibility index (Phi) is 4.44. The van der Waals surface area contributed by atoms with Gasteiger partial charge in [0.1, 0.15) is 12.2 Å². The molecule has 2 aromatic rings. The summed E-state index contributed by atoms with van der Waals surface area (Å²) in [6, 6.07) is -0.101. The largest absolute Gasteiger partial charge is 0.346 e. The highest BCUT2D eigenvalue weighted by Gasteiger charge is 2.21. The molecule has 1 N–H and O–H groups in total. The number of nitrogens with one attached hydrogen (secondary N) is 1. The highest BCUT2D eigenvalue weighted by atomic mass is 16.1. The van der Waals surface area contributed by atoms with Crippen LogP contribution in [0.2, 0.25) is 0 Å². The van der Waals surface area contributed by atoms with Crippen molar-refractivity contribution in [3.8, 4) is 0 Å². The summed E-state index contributed by atoms with van der Waals surface area (Å²) < 4.78 is 3.46.